The van der Waals surface area contributed by atoms with Gasteiger partial charge in [-0.15, -0.1) is 0 Å². The SMILES string of the molecule is CC(/C=C/c1ccccc1)=NNC(=O)COc1c(C)cc(Br)cc1C. The van der Waals surface area contributed by atoms with Crippen LogP contribution in [0.5, 0.6) is 5.75 Å². The van der Waals surface area contributed by atoms with Crippen LogP contribution in [0.3, 0.4) is 0 Å². The first kappa shape index (κ1) is 18.9. The molecule has 1 amide bonds. The summed E-state index contributed by atoms with van der Waals surface area (Å²) in [5.41, 5.74) is 6.24. The molecule has 0 heterocycles. The number of nitrogens with zero attached hydrogens (tertiary/aromatic N) is 1. The first-order chi connectivity index (χ1) is 12.0. The predicted molar refractivity (Wildman–Crippen MR) is 106 cm³/mol. The number of halogens is 1. The first-order valence-electron chi connectivity index (χ1n) is 7.91. The van der Waals surface area contributed by atoms with E-state index >= 15 is 0 Å². The average Bonchev–Trinajstić information content (AvgIpc) is 2.58. The van der Waals surface area contributed by atoms with Crippen molar-refractivity contribution >= 4 is 33.6 Å². The van der Waals surface area contributed by atoms with Crippen LogP contribution in [0.2, 0.25) is 0 Å². The molecule has 0 atom stereocenters. The fourth-order valence-corrected chi connectivity index (χ4v) is 2.95. The fraction of sp³-hybridized carbons (Fsp3) is 0.200. The monoisotopic (exact) mass is 400 g/mol. The van der Waals surface area contributed by atoms with Crippen LogP contribution in [0.15, 0.2) is 58.1 Å². The van der Waals surface area contributed by atoms with Gasteiger partial charge in [0.05, 0.1) is 5.71 Å². The molecule has 5 heteroatoms. The molecule has 2 aromatic rings. The maximum Gasteiger partial charge on any atom is 0.277 e. The van der Waals surface area contributed by atoms with Crippen molar-refractivity contribution in [2.24, 2.45) is 5.10 Å². The van der Waals surface area contributed by atoms with Gasteiger partial charge in [-0.25, -0.2) is 5.43 Å². The zero-order valence-corrected chi connectivity index (χ0v) is 16.1. The van der Waals surface area contributed by atoms with Gasteiger partial charge in [-0.3, -0.25) is 4.79 Å². The summed E-state index contributed by atoms with van der Waals surface area (Å²) in [6, 6.07) is 13.8. The molecule has 0 spiro atoms. The molecule has 0 bridgehead atoms. The molecule has 2 aromatic carbocycles. The first-order valence-corrected chi connectivity index (χ1v) is 8.71. The summed E-state index contributed by atoms with van der Waals surface area (Å²) >= 11 is 3.44. The van der Waals surface area contributed by atoms with Crippen LogP contribution in [0, 0.1) is 13.8 Å². The molecule has 0 radical (unpaired) electrons. The van der Waals surface area contributed by atoms with Crippen molar-refractivity contribution < 1.29 is 9.53 Å². The highest BCUT2D eigenvalue weighted by molar-refractivity contribution is 9.10. The van der Waals surface area contributed by atoms with E-state index in [1.807, 2.05) is 75.4 Å². The van der Waals surface area contributed by atoms with E-state index in [2.05, 4.69) is 26.5 Å². The number of hydrazone groups is 1. The molecule has 0 fully saturated rings. The van der Waals surface area contributed by atoms with E-state index in [9.17, 15) is 4.79 Å². The van der Waals surface area contributed by atoms with E-state index in [4.69, 9.17) is 4.74 Å². The Balaban J connectivity index is 1.87. The molecule has 4 nitrogen and oxygen atoms in total. The Morgan fingerprint density at radius 2 is 1.84 bits per heavy atom. The Bertz CT molecular complexity index is 776. The van der Waals surface area contributed by atoms with Gasteiger partial charge in [0.2, 0.25) is 0 Å². The molecule has 0 unspecified atom stereocenters. The molecule has 1 N–H and O–H groups in total. The van der Waals surface area contributed by atoms with Crippen molar-refractivity contribution in [2.45, 2.75) is 20.8 Å². The zero-order chi connectivity index (χ0) is 18.2. The van der Waals surface area contributed by atoms with E-state index in [0.717, 1.165) is 26.9 Å². The highest BCUT2D eigenvalue weighted by atomic mass is 79.9. The van der Waals surface area contributed by atoms with Crippen LogP contribution in [-0.4, -0.2) is 18.2 Å². The second-order valence-corrected chi connectivity index (χ2v) is 6.61. The second-order valence-electron chi connectivity index (χ2n) is 5.69. The minimum atomic E-state index is -0.297. The van der Waals surface area contributed by atoms with Gasteiger partial charge in [-0.2, -0.15) is 5.10 Å². The van der Waals surface area contributed by atoms with Crippen LogP contribution in [0.1, 0.15) is 23.6 Å². The van der Waals surface area contributed by atoms with E-state index in [0.29, 0.717) is 5.71 Å². The van der Waals surface area contributed by atoms with E-state index < -0.39 is 0 Å². The van der Waals surface area contributed by atoms with Gasteiger partial charge in [0.25, 0.3) is 5.91 Å². The molecule has 0 aromatic heterocycles. The summed E-state index contributed by atoms with van der Waals surface area (Å²) in [4.78, 5) is 11.9. The van der Waals surface area contributed by atoms with Crippen LogP contribution in [-0.2, 0) is 4.79 Å². The Labute approximate surface area is 156 Å². The number of nitrogens with one attached hydrogen (secondary N) is 1. The third-order valence-corrected chi connectivity index (χ3v) is 3.90. The smallest absolute Gasteiger partial charge is 0.277 e. The lowest BCUT2D eigenvalue weighted by Gasteiger charge is -2.11. The van der Waals surface area contributed by atoms with Crippen molar-refractivity contribution in [1.82, 2.24) is 5.43 Å². The predicted octanol–water partition coefficient (Wildman–Crippen LogP) is 4.65. The summed E-state index contributed by atoms with van der Waals surface area (Å²) in [5.74, 6) is 0.428. The number of carbonyl (C=O) groups is 1. The molecule has 0 aliphatic carbocycles. The minimum absolute atomic E-state index is 0.0809. The lowest BCUT2D eigenvalue weighted by Crippen LogP contribution is -2.25. The van der Waals surface area contributed by atoms with Crippen molar-refractivity contribution in [1.29, 1.82) is 0 Å². The number of aryl methyl sites for hydroxylation is 2. The number of rotatable bonds is 6. The summed E-state index contributed by atoms with van der Waals surface area (Å²) in [6.07, 6.45) is 3.79. The molecule has 0 aliphatic heterocycles. The molecule has 0 saturated carbocycles. The third kappa shape index (κ3) is 6.19. The summed E-state index contributed by atoms with van der Waals surface area (Å²) in [6.45, 7) is 5.63. The largest absolute Gasteiger partial charge is 0.483 e. The minimum Gasteiger partial charge on any atom is -0.483 e. The number of carbonyl (C=O) groups excluding carboxylic acids is 1. The van der Waals surface area contributed by atoms with Crippen molar-refractivity contribution in [3.8, 4) is 5.75 Å². The highest BCUT2D eigenvalue weighted by Gasteiger charge is 2.08. The third-order valence-electron chi connectivity index (χ3n) is 3.45. The Kier molecular flexibility index (Phi) is 6.95. The molecule has 0 aliphatic rings. The van der Waals surface area contributed by atoms with E-state index in [-0.39, 0.29) is 12.5 Å². The van der Waals surface area contributed by atoms with Crippen LogP contribution >= 0.6 is 15.9 Å². The van der Waals surface area contributed by atoms with Crippen LogP contribution in [0.25, 0.3) is 6.08 Å². The van der Waals surface area contributed by atoms with Gasteiger partial charge >= 0.3 is 0 Å². The highest BCUT2D eigenvalue weighted by Crippen LogP contribution is 2.27. The van der Waals surface area contributed by atoms with Crippen molar-refractivity contribution in [3.63, 3.8) is 0 Å². The molecule has 0 saturated heterocycles. The summed E-state index contributed by atoms with van der Waals surface area (Å²) in [5, 5.41) is 4.05. The number of allylic oxidation sites excluding steroid dienone is 1. The quantitative estimate of drug-likeness (QED) is 0.566. The van der Waals surface area contributed by atoms with E-state index in [1.54, 1.807) is 0 Å². The summed E-state index contributed by atoms with van der Waals surface area (Å²) in [7, 11) is 0. The Morgan fingerprint density at radius 1 is 1.20 bits per heavy atom. The maximum absolute atomic E-state index is 11.9. The molecular weight excluding hydrogens is 380 g/mol. The van der Waals surface area contributed by atoms with Crippen molar-refractivity contribution in [3.05, 3.63) is 69.7 Å². The van der Waals surface area contributed by atoms with Gasteiger partial charge in [0.1, 0.15) is 5.75 Å². The maximum atomic E-state index is 11.9. The van der Waals surface area contributed by atoms with Gasteiger partial charge < -0.3 is 4.74 Å². The molecule has 130 valence electrons. The van der Waals surface area contributed by atoms with Gasteiger partial charge in [-0.1, -0.05) is 52.3 Å². The summed E-state index contributed by atoms with van der Waals surface area (Å²) < 4.78 is 6.62. The van der Waals surface area contributed by atoms with Gasteiger partial charge in [0.15, 0.2) is 6.61 Å². The normalized spacial score (nSPS) is 11.6. The number of ether oxygens (including phenoxy) is 1. The lowest BCUT2D eigenvalue weighted by molar-refractivity contribution is -0.123. The average molecular weight is 401 g/mol. The number of hydrogen-bond acceptors (Lipinski definition) is 3. The zero-order valence-electron chi connectivity index (χ0n) is 14.5. The Morgan fingerprint density at radius 3 is 2.48 bits per heavy atom. The van der Waals surface area contributed by atoms with Crippen LogP contribution in [0.4, 0.5) is 0 Å². The Hall–Kier alpha value is -2.40. The number of amides is 1. The fourth-order valence-electron chi connectivity index (χ4n) is 2.26. The van der Waals surface area contributed by atoms with E-state index in [1.165, 1.54) is 0 Å². The van der Waals surface area contributed by atoms with Crippen molar-refractivity contribution in [2.75, 3.05) is 6.61 Å². The molecular formula is C20H21BrN2O2. The topological polar surface area (TPSA) is 50.7 Å². The van der Waals surface area contributed by atoms with Gasteiger partial charge in [0, 0.05) is 4.47 Å². The van der Waals surface area contributed by atoms with Gasteiger partial charge in [-0.05, 0) is 55.7 Å². The molecule has 25 heavy (non-hydrogen) atoms. The second kappa shape index (κ2) is 9.18. The number of hydrogen-bond donors (Lipinski definition) is 1. The van der Waals surface area contributed by atoms with Crippen LogP contribution < -0.4 is 10.2 Å². The lowest BCUT2D eigenvalue weighted by atomic mass is 10.1. The molecule has 2 rings (SSSR count). The number of benzene rings is 2. The standard InChI is InChI=1S/C20H21BrN2O2/c1-14-11-18(21)12-15(2)20(14)25-13-19(24)23-22-16(3)9-10-17-7-5-4-6-8-17/h4-12H,13H2,1-3H3,(H,23,24)/b10-9+,22-16?.